The lowest BCUT2D eigenvalue weighted by Crippen LogP contribution is -2.47. The number of likely N-dealkylation sites (tertiary alicyclic amines) is 1. The number of aromatic nitrogens is 2. The predicted molar refractivity (Wildman–Crippen MR) is 154 cm³/mol. The monoisotopic (exact) mass is 665 g/mol. The van der Waals surface area contributed by atoms with Gasteiger partial charge in [0.25, 0.3) is 5.91 Å². The van der Waals surface area contributed by atoms with E-state index in [9.17, 15) is 18.0 Å². The molecule has 4 heterocycles. The van der Waals surface area contributed by atoms with Crippen LogP contribution in [-0.2, 0) is 12.7 Å². The van der Waals surface area contributed by atoms with Crippen molar-refractivity contribution in [2.45, 2.75) is 54.6 Å². The number of anilines is 1. The zero-order chi connectivity index (χ0) is 28.1. The molecule has 5 rings (SSSR count). The largest absolute Gasteiger partial charge is 0.489 e. The van der Waals surface area contributed by atoms with Crippen LogP contribution in [0.3, 0.4) is 0 Å². The number of hydrogen-bond acceptors (Lipinski definition) is 6. The van der Waals surface area contributed by atoms with Crippen molar-refractivity contribution in [1.82, 2.24) is 20.2 Å². The van der Waals surface area contributed by atoms with E-state index < -0.39 is 11.7 Å². The molecule has 40 heavy (non-hydrogen) atoms. The Morgan fingerprint density at radius 3 is 2.40 bits per heavy atom. The molecule has 2 saturated heterocycles. The number of nitrogens with one attached hydrogen (secondary N) is 1. The maximum Gasteiger partial charge on any atom is 0.416 e. The summed E-state index contributed by atoms with van der Waals surface area (Å²) in [6.07, 6.45) is 5.54. The van der Waals surface area contributed by atoms with E-state index in [-0.39, 0.29) is 18.1 Å². The topological polar surface area (TPSA) is 70.6 Å². The number of hydrogen-bond donors (Lipinski definition) is 1. The van der Waals surface area contributed by atoms with E-state index in [4.69, 9.17) is 4.74 Å². The van der Waals surface area contributed by atoms with Crippen LogP contribution in [-0.4, -0.2) is 56.6 Å². The minimum Gasteiger partial charge on any atom is -0.489 e. The van der Waals surface area contributed by atoms with E-state index in [1.54, 1.807) is 18.5 Å². The van der Waals surface area contributed by atoms with Crippen molar-refractivity contribution < 1.29 is 22.7 Å². The van der Waals surface area contributed by atoms with Crippen LogP contribution in [0.25, 0.3) is 0 Å². The molecular formula is C29H31F3IN5O2. The molecule has 2 aliphatic heterocycles. The number of amides is 1. The summed E-state index contributed by atoms with van der Waals surface area (Å²) in [5.41, 5.74) is 1.81. The van der Waals surface area contributed by atoms with E-state index >= 15 is 0 Å². The second-order valence-electron chi connectivity index (χ2n) is 10.2. The molecule has 1 N–H and O–H groups in total. The number of rotatable bonds is 7. The highest BCUT2D eigenvalue weighted by atomic mass is 127. The van der Waals surface area contributed by atoms with Crippen LogP contribution in [0.2, 0.25) is 0 Å². The van der Waals surface area contributed by atoms with Crippen LogP contribution in [0.1, 0.15) is 47.2 Å². The molecule has 0 bridgehead atoms. The fraction of sp³-hybridized carbons (Fsp3) is 0.414. The Hall–Kier alpha value is -2.93. The number of pyridine rings is 2. The van der Waals surface area contributed by atoms with Crippen LogP contribution in [0, 0.1) is 0 Å². The lowest BCUT2D eigenvalue weighted by atomic mass is 10.0. The molecule has 1 aromatic carbocycles. The quantitative estimate of drug-likeness (QED) is 0.199. The third-order valence-corrected chi connectivity index (χ3v) is 8.69. The number of halogens is 4. The van der Waals surface area contributed by atoms with Crippen LogP contribution in [0.5, 0.6) is 5.75 Å². The molecule has 1 amide bonds. The lowest BCUT2D eigenvalue weighted by molar-refractivity contribution is -0.137. The molecule has 2 aliphatic rings. The van der Waals surface area contributed by atoms with Crippen LogP contribution in [0.15, 0.2) is 67.3 Å². The van der Waals surface area contributed by atoms with Gasteiger partial charge in [-0.05, 0) is 60.9 Å². The van der Waals surface area contributed by atoms with Crippen molar-refractivity contribution in [3.05, 3.63) is 83.9 Å². The molecule has 2 atom stereocenters. The van der Waals surface area contributed by atoms with E-state index in [2.05, 4.69) is 47.7 Å². The highest BCUT2D eigenvalue weighted by molar-refractivity contribution is 14.1. The van der Waals surface area contributed by atoms with Gasteiger partial charge in [-0.1, -0.05) is 22.6 Å². The van der Waals surface area contributed by atoms with Gasteiger partial charge in [-0.15, -0.1) is 0 Å². The maximum absolute atomic E-state index is 13.0. The summed E-state index contributed by atoms with van der Waals surface area (Å²) in [6.45, 7) is 3.10. The van der Waals surface area contributed by atoms with Gasteiger partial charge in [-0.3, -0.25) is 19.7 Å². The molecule has 0 saturated carbocycles. The standard InChI is InChI=1S/C29H31F3IN5O2/c30-29(31,32)22-1-3-24(4-2-22)37-13-8-25(9-14-37)40-26-15-21(17-35-18-26)28(39)36-23-7-12-38(27(33)16-23)19-20-5-10-34-11-6-20/h1-6,10-11,15,17-18,23,25,27H,7-9,12-14,16,19H2,(H,36,39). The van der Waals surface area contributed by atoms with Crippen molar-refractivity contribution >= 4 is 34.2 Å². The number of alkyl halides is 4. The molecular weight excluding hydrogens is 634 g/mol. The van der Waals surface area contributed by atoms with Crippen LogP contribution < -0.4 is 15.0 Å². The summed E-state index contributed by atoms with van der Waals surface area (Å²) in [4.78, 5) is 25.8. The number of nitrogens with zero attached hydrogens (tertiary/aromatic N) is 4. The van der Waals surface area contributed by atoms with Crippen molar-refractivity contribution in [3.63, 3.8) is 0 Å². The molecule has 7 nitrogen and oxygen atoms in total. The summed E-state index contributed by atoms with van der Waals surface area (Å²) >= 11 is 2.45. The third-order valence-electron chi connectivity index (χ3n) is 7.39. The van der Waals surface area contributed by atoms with Gasteiger partial charge in [0.05, 0.1) is 21.4 Å². The van der Waals surface area contributed by atoms with E-state index in [0.29, 0.717) is 41.3 Å². The number of benzene rings is 1. The van der Waals surface area contributed by atoms with Gasteiger partial charge in [0, 0.05) is 69.3 Å². The first-order chi connectivity index (χ1) is 19.2. The number of ether oxygens (including phenoxy) is 1. The summed E-state index contributed by atoms with van der Waals surface area (Å²) in [5, 5.41) is 3.16. The number of carbonyl (C=O) groups excluding carboxylic acids is 1. The summed E-state index contributed by atoms with van der Waals surface area (Å²) < 4.78 is 45.0. The average Bonchev–Trinajstić information content (AvgIpc) is 2.95. The predicted octanol–water partition coefficient (Wildman–Crippen LogP) is 5.70. The van der Waals surface area contributed by atoms with Gasteiger partial charge in [0.2, 0.25) is 0 Å². The molecule has 0 radical (unpaired) electrons. The Bertz CT molecular complexity index is 1270. The van der Waals surface area contributed by atoms with Crippen molar-refractivity contribution in [3.8, 4) is 5.75 Å². The molecule has 2 unspecified atom stereocenters. The smallest absolute Gasteiger partial charge is 0.416 e. The Labute approximate surface area is 245 Å². The Balaban J connectivity index is 1.09. The zero-order valence-electron chi connectivity index (χ0n) is 21.9. The molecule has 0 spiro atoms. The van der Waals surface area contributed by atoms with E-state index in [1.165, 1.54) is 17.7 Å². The van der Waals surface area contributed by atoms with Crippen molar-refractivity contribution in [2.24, 2.45) is 0 Å². The Morgan fingerprint density at radius 1 is 1.00 bits per heavy atom. The molecule has 0 aliphatic carbocycles. The first kappa shape index (κ1) is 28.6. The Kier molecular flexibility index (Phi) is 9.09. The Morgan fingerprint density at radius 2 is 1.73 bits per heavy atom. The minimum atomic E-state index is -4.34. The summed E-state index contributed by atoms with van der Waals surface area (Å²) in [5.74, 6) is 0.380. The van der Waals surface area contributed by atoms with Crippen molar-refractivity contribution in [2.75, 3.05) is 24.5 Å². The minimum absolute atomic E-state index is 0.0599. The summed E-state index contributed by atoms with van der Waals surface area (Å²) in [7, 11) is 0. The van der Waals surface area contributed by atoms with Crippen LogP contribution in [0.4, 0.5) is 18.9 Å². The fourth-order valence-corrected chi connectivity index (χ4v) is 6.25. The second-order valence-corrected chi connectivity index (χ2v) is 11.7. The van der Waals surface area contributed by atoms with Gasteiger partial charge in [-0.25, -0.2) is 0 Å². The number of piperidine rings is 2. The molecule has 2 fully saturated rings. The van der Waals surface area contributed by atoms with E-state index in [1.807, 2.05) is 24.5 Å². The summed E-state index contributed by atoms with van der Waals surface area (Å²) in [6, 6.07) is 11.1. The SMILES string of the molecule is O=C(NC1CCN(Cc2ccncc2)C(I)C1)c1cncc(OC2CCN(c3ccc(C(F)(F)F)cc3)CC2)c1. The average molecular weight is 665 g/mol. The van der Waals surface area contributed by atoms with Crippen molar-refractivity contribution in [1.29, 1.82) is 0 Å². The van der Waals surface area contributed by atoms with Gasteiger partial charge in [0.15, 0.2) is 0 Å². The molecule has 11 heteroatoms. The van der Waals surface area contributed by atoms with Gasteiger partial charge in [-0.2, -0.15) is 13.2 Å². The van der Waals surface area contributed by atoms with Gasteiger partial charge >= 0.3 is 6.18 Å². The third kappa shape index (κ3) is 7.42. The highest BCUT2D eigenvalue weighted by Gasteiger charge is 2.31. The highest BCUT2D eigenvalue weighted by Crippen LogP contribution is 2.31. The van der Waals surface area contributed by atoms with Gasteiger partial charge in [0.1, 0.15) is 11.9 Å². The molecule has 3 aromatic rings. The first-order valence-corrected chi connectivity index (χ1v) is 14.6. The first-order valence-electron chi connectivity index (χ1n) is 13.4. The second kappa shape index (κ2) is 12.7. The molecule has 212 valence electrons. The molecule has 2 aromatic heterocycles. The normalized spacial score (nSPS) is 20.8. The fourth-order valence-electron chi connectivity index (χ4n) is 5.16. The number of carbonyl (C=O) groups is 1. The lowest BCUT2D eigenvalue weighted by Gasteiger charge is -2.36. The van der Waals surface area contributed by atoms with E-state index in [0.717, 1.165) is 43.8 Å². The van der Waals surface area contributed by atoms with Crippen LogP contribution >= 0.6 is 22.6 Å². The van der Waals surface area contributed by atoms with Gasteiger partial charge < -0.3 is 15.0 Å². The zero-order valence-corrected chi connectivity index (χ0v) is 24.0. The maximum atomic E-state index is 13.0.